The lowest BCUT2D eigenvalue weighted by atomic mass is 9.72. The Balaban J connectivity index is 0.000000202. The molecular weight excluding hydrogens is 775 g/mol. The number of aliphatic carboxylic acids is 2. The van der Waals surface area contributed by atoms with Crippen LogP contribution in [0.2, 0.25) is 0 Å². The van der Waals surface area contributed by atoms with Gasteiger partial charge in [0, 0.05) is 72.4 Å². The molecule has 3 heterocycles. The number of H-pyrrole nitrogens is 1. The zero-order chi connectivity index (χ0) is 43.0. The van der Waals surface area contributed by atoms with Gasteiger partial charge < -0.3 is 39.0 Å². The van der Waals surface area contributed by atoms with Crippen molar-refractivity contribution < 1.29 is 42.5 Å². The fourth-order valence-corrected chi connectivity index (χ4v) is 9.45. The van der Waals surface area contributed by atoms with Crippen molar-refractivity contribution in [3.05, 3.63) is 71.0 Å². The number of esters is 1. The smallest absolute Gasteiger partial charge is 0.310 e. The summed E-state index contributed by atoms with van der Waals surface area (Å²) in [5.41, 5.74) is 7.29. The molecule has 2 aromatic carbocycles. The molecule has 14 nitrogen and oxygen atoms in total. The van der Waals surface area contributed by atoms with Crippen molar-refractivity contribution in [2.24, 2.45) is 5.92 Å². The van der Waals surface area contributed by atoms with Crippen LogP contribution in [-0.4, -0.2) is 123 Å². The average molecular weight is 838 g/mol. The highest BCUT2D eigenvalue weighted by atomic mass is 32.2. The van der Waals surface area contributed by atoms with Gasteiger partial charge in [0.2, 0.25) is 10.0 Å². The molecule has 2 fully saturated rings. The molecule has 4 N–H and O–H groups in total. The lowest BCUT2D eigenvalue weighted by Crippen LogP contribution is -2.50. The highest BCUT2D eigenvalue weighted by Crippen LogP contribution is 2.45. The van der Waals surface area contributed by atoms with Crippen molar-refractivity contribution >= 4 is 49.7 Å². The number of nitrogens with one attached hydrogen (secondary N) is 2. The van der Waals surface area contributed by atoms with Gasteiger partial charge in [-0.2, -0.15) is 0 Å². The Morgan fingerprint density at radius 3 is 2.31 bits per heavy atom. The number of hydrogen-bond acceptors (Lipinski definition) is 9. The fourth-order valence-electron chi connectivity index (χ4n) is 8.69. The number of sulfonamides is 1. The number of carboxylic acid groups (broad SMARTS) is 2. The Labute approximate surface area is 348 Å². The zero-order valence-corrected chi connectivity index (χ0v) is 36.4. The second kappa shape index (κ2) is 20.3. The lowest BCUT2D eigenvalue weighted by Gasteiger charge is -2.45. The number of ether oxygens (including phenoxy) is 2. The van der Waals surface area contributed by atoms with Gasteiger partial charge in [-0.1, -0.05) is 18.2 Å². The maximum Gasteiger partial charge on any atom is 0.310 e. The number of likely N-dealkylation sites (tertiary alicyclic amines) is 1. The minimum atomic E-state index is -3.23. The number of benzene rings is 2. The number of carbonyl (C=O) groups is 3. The van der Waals surface area contributed by atoms with Gasteiger partial charge in [-0.3, -0.25) is 14.4 Å². The molecule has 1 saturated heterocycles. The van der Waals surface area contributed by atoms with E-state index < -0.39 is 22.0 Å². The second-order valence-electron chi connectivity index (χ2n) is 16.7. The molecule has 3 aliphatic rings. The molecule has 7 rings (SSSR count). The number of rotatable bonds is 13. The van der Waals surface area contributed by atoms with Crippen molar-refractivity contribution in [2.45, 2.75) is 108 Å². The molecule has 0 amide bonds. The van der Waals surface area contributed by atoms with E-state index in [0.717, 1.165) is 74.5 Å². The number of piperidine rings is 1. The standard InChI is InChI=1S/C26H36N2O3.C14H21N3O2S.C4H6O4/c1-16(2)28-15-17-13-24-22(21-6-5-7-23(28)25(17)21)12-18(14-27(24)3)26(29)31-20-10-8-19(30-4)9-11-20;1-15-20(18,19)10-11-4-5-14-13(8-11)12(9-16-14)6-7-17(2)3;5-3(6)1-2-4(7)8/h5-7,15-16,18-20,22,24H,8-14H2,1-4H3;4-5,8-9,15-16H,6-7,10H2,1-3H3;1-2H2,(H,5,6)(H,7,8)/t18-,19-,20-,22-,24-;;/m1../s1. The lowest BCUT2D eigenvalue weighted by molar-refractivity contribution is -0.159. The number of likely N-dealkylation sites (N-methyl/N-ethyl adjacent to an activating group) is 2. The first-order chi connectivity index (χ1) is 28.0. The first kappa shape index (κ1) is 45.8. The fraction of sp³-hybridized carbons (Fsp3) is 0.568. The normalized spacial score (nSPS) is 21.7. The summed E-state index contributed by atoms with van der Waals surface area (Å²) in [6.45, 7) is 6.26. The van der Waals surface area contributed by atoms with Crippen LogP contribution in [0, 0.1) is 5.92 Å². The van der Waals surface area contributed by atoms with E-state index in [1.807, 2.05) is 38.5 Å². The number of methoxy groups -OCH3 is 1. The van der Waals surface area contributed by atoms with E-state index in [1.54, 1.807) is 7.11 Å². The van der Waals surface area contributed by atoms with Gasteiger partial charge in [0.1, 0.15) is 6.10 Å². The average Bonchev–Trinajstić information content (AvgIpc) is 3.79. The second-order valence-corrected chi connectivity index (χ2v) is 18.6. The van der Waals surface area contributed by atoms with E-state index in [4.69, 9.17) is 19.7 Å². The molecule has 324 valence electrons. The third-order valence-electron chi connectivity index (χ3n) is 11.9. The Bertz CT molecular complexity index is 2160. The van der Waals surface area contributed by atoms with Gasteiger partial charge in [0.05, 0.1) is 30.6 Å². The van der Waals surface area contributed by atoms with Gasteiger partial charge in [-0.05, 0) is 127 Å². The van der Waals surface area contributed by atoms with E-state index in [1.165, 1.54) is 34.6 Å². The molecule has 1 aliphatic heterocycles. The molecule has 1 saturated carbocycles. The molecule has 0 radical (unpaired) electrons. The van der Waals surface area contributed by atoms with Crippen LogP contribution in [0.3, 0.4) is 0 Å². The van der Waals surface area contributed by atoms with E-state index in [-0.39, 0.29) is 36.6 Å². The molecule has 0 bridgehead atoms. The number of carboxylic acids is 2. The van der Waals surface area contributed by atoms with Gasteiger partial charge in [-0.15, -0.1) is 0 Å². The van der Waals surface area contributed by atoms with Crippen molar-refractivity contribution in [2.75, 3.05) is 48.4 Å². The molecule has 3 atom stereocenters. The van der Waals surface area contributed by atoms with Crippen LogP contribution >= 0.6 is 0 Å². The molecule has 59 heavy (non-hydrogen) atoms. The summed E-state index contributed by atoms with van der Waals surface area (Å²) < 4.78 is 39.5. The Hall–Kier alpha value is -4.28. The van der Waals surface area contributed by atoms with Crippen LogP contribution in [-0.2, 0) is 52.5 Å². The summed E-state index contributed by atoms with van der Waals surface area (Å²) in [7, 11) is 6.25. The van der Waals surface area contributed by atoms with Gasteiger partial charge in [-0.25, -0.2) is 13.1 Å². The van der Waals surface area contributed by atoms with Gasteiger partial charge in [0.15, 0.2) is 0 Å². The SMILES string of the molecule is CNS(=O)(=O)Cc1ccc2[nH]cc(CCN(C)C)c2c1.CO[C@H]1CC[C@H](OC(=O)[C@@H]2C[C@@H]3c4cccc5c4c(cn5C(C)C)C[C@H]3N(C)C2)CC1.O=C(O)CCC(=O)O. The molecule has 15 heteroatoms. The molecule has 2 aliphatic carbocycles. The van der Waals surface area contributed by atoms with Crippen LogP contribution < -0.4 is 4.72 Å². The molecular formula is C44H63N5O9S. The van der Waals surface area contributed by atoms with Crippen molar-refractivity contribution in [1.29, 1.82) is 0 Å². The van der Waals surface area contributed by atoms with Crippen molar-refractivity contribution in [1.82, 2.24) is 24.1 Å². The van der Waals surface area contributed by atoms with Gasteiger partial charge in [0.25, 0.3) is 0 Å². The van der Waals surface area contributed by atoms with E-state index in [9.17, 15) is 22.8 Å². The Morgan fingerprint density at radius 1 is 1.02 bits per heavy atom. The summed E-state index contributed by atoms with van der Waals surface area (Å²) in [5.74, 6) is -1.80. The number of aromatic amines is 1. The topological polar surface area (TPSA) is 184 Å². The van der Waals surface area contributed by atoms with Crippen LogP contribution in [0.15, 0.2) is 48.8 Å². The summed E-state index contributed by atoms with van der Waals surface area (Å²) in [4.78, 5) is 40.2. The first-order valence-electron chi connectivity index (χ1n) is 20.6. The van der Waals surface area contributed by atoms with E-state index >= 15 is 0 Å². The summed E-state index contributed by atoms with van der Waals surface area (Å²) >= 11 is 0. The highest BCUT2D eigenvalue weighted by molar-refractivity contribution is 7.88. The third-order valence-corrected chi connectivity index (χ3v) is 13.2. The maximum absolute atomic E-state index is 13.1. The minimum Gasteiger partial charge on any atom is -0.481 e. The number of carbonyl (C=O) groups excluding carboxylic acids is 1. The van der Waals surface area contributed by atoms with E-state index in [2.05, 4.69) is 69.4 Å². The van der Waals surface area contributed by atoms with Gasteiger partial charge >= 0.3 is 17.9 Å². The minimum absolute atomic E-state index is 0.00360. The van der Waals surface area contributed by atoms with E-state index in [0.29, 0.717) is 24.1 Å². The van der Waals surface area contributed by atoms with Crippen molar-refractivity contribution in [3.63, 3.8) is 0 Å². The van der Waals surface area contributed by atoms with Crippen LogP contribution in [0.4, 0.5) is 0 Å². The molecule has 0 spiro atoms. The highest BCUT2D eigenvalue weighted by Gasteiger charge is 2.43. The summed E-state index contributed by atoms with van der Waals surface area (Å²) in [6.07, 6.45) is 10.9. The molecule has 0 unspecified atom stereocenters. The number of hydrogen-bond donors (Lipinski definition) is 4. The maximum atomic E-state index is 13.1. The molecule has 4 aromatic rings. The monoisotopic (exact) mass is 837 g/mol. The summed E-state index contributed by atoms with van der Waals surface area (Å²) in [6, 6.07) is 13.4. The number of nitrogens with zero attached hydrogens (tertiary/aromatic N) is 3. The van der Waals surface area contributed by atoms with Crippen LogP contribution in [0.1, 0.15) is 93.0 Å². The number of fused-ring (bicyclic) bond motifs is 3. The van der Waals surface area contributed by atoms with Crippen LogP contribution in [0.5, 0.6) is 0 Å². The first-order valence-corrected chi connectivity index (χ1v) is 22.3. The van der Waals surface area contributed by atoms with Crippen LogP contribution in [0.25, 0.3) is 21.8 Å². The Kier molecular flexibility index (Phi) is 15.8. The zero-order valence-electron chi connectivity index (χ0n) is 35.6. The Morgan fingerprint density at radius 2 is 1.69 bits per heavy atom. The number of aromatic nitrogens is 2. The molecule has 2 aromatic heterocycles. The third kappa shape index (κ3) is 11.9. The quantitative estimate of drug-likeness (QED) is 0.117. The summed E-state index contributed by atoms with van der Waals surface area (Å²) in [5, 5.41) is 18.3. The predicted molar refractivity (Wildman–Crippen MR) is 229 cm³/mol. The largest absolute Gasteiger partial charge is 0.481 e. The van der Waals surface area contributed by atoms with Crippen molar-refractivity contribution in [3.8, 4) is 0 Å². The predicted octanol–water partition coefficient (Wildman–Crippen LogP) is 5.94.